The standard InChI is InChI=1S/C27H29NO/c1-4-10-21(11-5-1)19-26(28-20-22-16-17-25(28)18-22)29-27(23-12-6-2-7-13-23)24-14-8-3-9-15-24/h1-15,22,25-27H,16-20H2. The van der Waals surface area contributed by atoms with Gasteiger partial charge in [0.05, 0.1) is 0 Å². The first-order valence-electron chi connectivity index (χ1n) is 10.9. The van der Waals surface area contributed by atoms with E-state index in [0.29, 0.717) is 6.04 Å². The molecule has 1 heterocycles. The highest BCUT2D eigenvalue weighted by atomic mass is 16.5. The van der Waals surface area contributed by atoms with E-state index in [1.54, 1.807) is 0 Å². The lowest BCUT2D eigenvalue weighted by Crippen LogP contribution is -2.44. The molecule has 1 saturated carbocycles. The van der Waals surface area contributed by atoms with Gasteiger partial charge in [-0.25, -0.2) is 0 Å². The predicted octanol–water partition coefficient (Wildman–Crippen LogP) is 5.85. The maximum absolute atomic E-state index is 6.99. The Morgan fingerprint density at radius 1 is 0.759 bits per heavy atom. The topological polar surface area (TPSA) is 12.5 Å². The van der Waals surface area contributed by atoms with Crippen molar-refractivity contribution in [2.24, 2.45) is 5.92 Å². The van der Waals surface area contributed by atoms with E-state index < -0.39 is 0 Å². The van der Waals surface area contributed by atoms with Gasteiger partial charge >= 0.3 is 0 Å². The van der Waals surface area contributed by atoms with Gasteiger partial charge < -0.3 is 4.74 Å². The summed E-state index contributed by atoms with van der Waals surface area (Å²) in [7, 11) is 0. The molecular weight excluding hydrogens is 354 g/mol. The molecule has 29 heavy (non-hydrogen) atoms. The molecule has 2 bridgehead atoms. The smallest absolute Gasteiger partial charge is 0.116 e. The van der Waals surface area contributed by atoms with E-state index in [0.717, 1.165) is 12.3 Å². The van der Waals surface area contributed by atoms with Crippen molar-refractivity contribution in [1.82, 2.24) is 4.90 Å². The van der Waals surface area contributed by atoms with Crippen molar-refractivity contribution in [3.63, 3.8) is 0 Å². The molecule has 0 radical (unpaired) electrons. The third-order valence-corrected chi connectivity index (χ3v) is 6.57. The first kappa shape index (κ1) is 18.6. The third kappa shape index (κ3) is 4.14. The van der Waals surface area contributed by atoms with Crippen LogP contribution in [0.2, 0.25) is 0 Å². The minimum Gasteiger partial charge on any atom is -0.350 e. The Labute approximate surface area is 174 Å². The van der Waals surface area contributed by atoms with E-state index in [1.807, 2.05) is 0 Å². The van der Waals surface area contributed by atoms with Gasteiger partial charge in [0.2, 0.25) is 0 Å². The number of rotatable bonds is 7. The highest BCUT2D eigenvalue weighted by Crippen LogP contribution is 2.40. The van der Waals surface area contributed by atoms with Gasteiger partial charge in [-0.1, -0.05) is 91.0 Å². The summed E-state index contributed by atoms with van der Waals surface area (Å²) in [4.78, 5) is 2.65. The van der Waals surface area contributed by atoms with Gasteiger partial charge in [-0.2, -0.15) is 0 Å². The zero-order valence-electron chi connectivity index (χ0n) is 16.9. The summed E-state index contributed by atoms with van der Waals surface area (Å²) < 4.78 is 6.99. The summed E-state index contributed by atoms with van der Waals surface area (Å²) in [6.07, 6.45) is 5.03. The van der Waals surface area contributed by atoms with Gasteiger partial charge in [-0.3, -0.25) is 4.90 Å². The fourth-order valence-electron chi connectivity index (χ4n) is 5.14. The highest BCUT2D eigenvalue weighted by molar-refractivity contribution is 5.30. The lowest BCUT2D eigenvalue weighted by atomic mass is 10.0. The molecule has 3 aromatic rings. The molecule has 1 aliphatic carbocycles. The van der Waals surface area contributed by atoms with Crippen LogP contribution in [0.15, 0.2) is 91.0 Å². The van der Waals surface area contributed by atoms with Gasteiger partial charge in [0.1, 0.15) is 12.3 Å². The Bertz CT molecular complexity index is 856. The molecule has 2 fully saturated rings. The van der Waals surface area contributed by atoms with E-state index in [4.69, 9.17) is 4.74 Å². The van der Waals surface area contributed by atoms with Crippen LogP contribution in [0.3, 0.4) is 0 Å². The molecule has 2 heteroatoms. The maximum Gasteiger partial charge on any atom is 0.116 e. The van der Waals surface area contributed by atoms with Crippen LogP contribution >= 0.6 is 0 Å². The molecule has 3 aromatic carbocycles. The predicted molar refractivity (Wildman–Crippen MR) is 118 cm³/mol. The van der Waals surface area contributed by atoms with E-state index in [1.165, 1.54) is 42.5 Å². The van der Waals surface area contributed by atoms with Gasteiger partial charge in [0.25, 0.3) is 0 Å². The summed E-state index contributed by atoms with van der Waals surface area (Å²) in [5.74, 6) is 0.855. The van der Waals surface area contributed by atoms with Crippen molar-refractivity contribution in [3.8, 4) is 0 Å². The number of benzene rings is 3. The number of nitrogens with zero attached hydrogens (tertiary/aromatic N) is 1. The van der Waals surface area contributed by atoms with Crippen LogP contribution < -0.4 is 0 Å². The fraction of sp³-hybridized carbons (Fsp3) is 0.333. The molecule has 0 amide bonds. The molecule has 0 aromatic heterocycles. The van der Waals surface area contributed by atoms with Crippen LogP contribution in [0, 0.1) is 5.92 Å². The lowest BCUT2D eigenvalue weighted by molar-refractivity contribution is -0.0987. The van der Waals surface area contributed by atoms with Gasteiger partial charge in [0.15, 0.2) is 0 Å². The molecule has 5 rings (SSSR count). The average Bonchev–Trinajstić information content (AvgIpc) is 3.42. The molecule has 2 aliphatic rings. The Kier molecular flexibility index (Phi) is 5.47. The second kappa shape index (κ2) is 8.52. The van der Waals surface area contributed by atoms with Crippen LogP contribution in [0.4, 0.5) is 0 Å². The zero-order chi connectivity index (χ0) is 19.5. The lowest BCUT2D eigenvalue weighted by Gasteiger charge is -2.37. The SMILES string of the molecule is c1ccc(CC(OC(c2ccccc2)c2ccccc2)N2CC3CCC2C3)cc1. The first-order chi connectivity index (χ1) is 14.4. The van der Waals surface area contributed by atoms with Crippen LogP contribution in [0.25, 0.3) is 0 Å². The summed E-state index contributed by atoms with van der Waals surface area (Å²) in [6, 6.07) is 32.8. The van der Waals surface area contributed by atoms with Gasteiger partial charge in [0, 0.05) is 19.0 Å². The third-order valence-electron chi connectivity index (χ3n) is 6.57. The van der Waals surface area contributed by atoms with Crippen molar-refractivity contribution >= 4 is 0 Å². The monoisotopic (exact) mass is 383 g/mol. The van der Waals surface area contributed by atoms with E-state index in [2.05, 4.69) is 95.9 Å². The molecule has 0 N–H and O–H groups in total. The molecule has 1 aliphatic heterocycles. The minimum absolute atomic E-state index is 0.0507. The Hall–Kier alpha value is -2.42. The largest absolute Gasteiger partial charge is 0.350 e. The molecular formula is C27H29NO. The van der Waals surface area contributed by atoms with Gasteiger partial charge in [-0.15, -0.1) is 0 Å². The van der Waals surface area contributed by atoms with E-state index >= 15 is 0 Å². The maximum atomic E-state index is 6.99. The number of fused-ring (bicyclic) bond motifs is 2. The normalized spacial score (nSPS) is 22.2. The second-order valence-corrected chi connectivity index (χ2v) is 8.51. The van der Waals surface area contributed by atoms with Crippen LogP contribution in [-0.2, 0) is 11.2 Å². The number of hydrogen-bond donors (Lipinski definition) is 0. The van der Waals surface area contributed by atoms with Crippen LogP contribution in [0.5, 0.6) is 0 Å². The molecule has 2 nitrogen and oxygen atoms in total. The van der Waals surface area contributed by atoms with Crippen molar-refractivity contribution in [2.75, 3.05) is 6.54 Å². The van der Waals surface area contributed by atoms with E-state index in [-0.39, 0.29) is 12.3 Å². The quantitative estimate of drug-likeness (QED) is 0.508. The van der Waals surface area contributed by atoms with Crippen LogP contribution in [0.1, 0.15) is 42.1 Å². The summed E-state index contributed by atoms with van der Waals surface area (Å²) in [5, 5.41) is 0. The zero-order valence-corrected chi connectivity index (χ0v) is 16.9. The summed E-state index contributed by atoms with van der Waals surface area (Å²) in [5.41, 5.74) is 3.79. The van der Waals surface area contributed by atoms with Crippen LogP contribution in [-0.4, -0.2) is 23.7 Å². The second-order valence-electron chi connectivity index (χ2n) is 8.51. The molecule has 1 saturated heterocycles. The van der Waals surface area contributed by atoms with Crippen molar-refractivity contribution in [3.05, 3.63) is 108 Å². The Morgan fingerprint density at radius 3 is 1.86 bits per heavy atom. The summed E-state index contributed by atoms with van der Waals surface area (Å²) in [6.45, 7) is 1.18. The molecule has 148 valence electrons. The van der Waals surface area contributed by atoms with Crippen molar-refractivity contribution in [2.45, 2.75) is 44.1 Å². The van der Waals surface area contributed by atoms with E-state index in [9.17, 15) is 0 Å². The minimum atomic E-state index is -0.0507. The molecule has 3 unspecified atom stereocenters. The highest BCUT2D eigenvalue weighted by Gasteiger charge is 2.42. The fourth-order valence-corrected chi connectivity index (χ4v) is 5.14. The first-order valence-corrected chi connectivity index (χ1v) is 10.9. The molecule has 3 atom stereocenters. The van der Waals surface area contributed by atoms with Gasteiger partial charge in [-0.05, 0) is 41.9 Å². The Balaban J connectivity index is 1.46. The number of piperidine rings is 1. The number of hydrogen-bond acceptors (Lipinski definition) is 2. The number of likely N-dealkylation sites (tertiary alicyclic amines) is 1. The average molecular weight is 384 g/mol. The van der Waals surface area contributed by atoms with Crippen molar-refractivity contribution < 1.29 is 4.74 Å². The summed E-state index contributed by atoms with van der Waals surface area (Å²) >= 11 is 0. The Morgan fingerprint density at radius 2 is 1.34 bits per heavy atom. The number of ether oxygens (including phenoxy) is 1. The van der Waals surface area contributed by atoms with Crippen molar-refractivity contribution in [1.29, 1.82) is 0 Å². The molecule has 0 spiro atoms.